The number of rotatable bonds is 6. The summed E-state index contributed by atoms with van der Waals surface area (Å²) in [6.07, 6.45) is 0. The third-order valence-electron chi connectivity index (χ3n) is 4.09. The predicted molar refractivity (Wildman–Crippen MR) is 96.5 cm³/mol. The van der Waals surface area contributed by atoms with Crippen LogP contribution in [0.2, 0.25) is 0 Å². The molecule has 0 unspecified atom stereocenters. The summed E-state index contributed by atoms with van der Waals surface area (Å²) in [6, 6.07) is 29.2. The van der Waals surface area contributed by atoms with Gasteiger partial charge in [0.2, 0.25) is 0 Å². The molecule has 0 heterocycles. The summed E-state index contributed by atoms with van der Waals surface area (Å²) in [5, 5.41) is 2.80. The molecular weight excluding hydrogens is 368 g/mol. The van der Waals surface area contributed by atoms with Crippen LogP contribution in [0, 0.1) is 0 Å². The number of hydrogen-bond donors (Lipinski definition) is 2. The fraction of sp³-hybridized carbons (Fsp3) is 0.0526. The fourth-order valence-corrected chi connectivity index (χ4v) is 10.7. The molecule has 0 aliphatic rings. The topological polar surface area (TPSA) is 58.9 Å². The van der Waals surface area contributed by atoms with Crippen molar-refractivity contribution in [1.29, 1.82) is 0 Å². The molecule has 3 aromatic carbocycles. The first-order chi connectivity index (χ1) is 12.1. The van der Waals surface area contributed by atoms with E-state index in [1.54, 1.807) is 0 Å². The average Bonchev–Trinajstić information content (AvgIpc) is 2.68. The van der Waals surface area contributed by atoms with E-state index in [9.17, 15) is 7.38 Å². The van der Waals surface area contributed by atoms with Gasteiger partial charge in [-0.1, -0.05) is 0 Å². The molecule has 0 amide bonds. The zero-order valence-electron chi connectivity index (χ0n) is 13.9. The second-order valence-corrected chi connectivity index (χ2v) is 12.2. The Balaban J connectivity index is 2.32. The zero-order valence-corrected chi connectivity index (χ0v) is 16.4. The second-order valence-electron chi connectivity index (χ2n) is 5.63. The van der Waals surface area contributed by atoms with Crippen molar-refractivity contribution in [2.75, 3.05) is 7.11 Å². The minimum atomic E-state index is -4.86. The van der Waals surface area contributed by atoms with Gasteiger partial charge in [0.1, 0.15) is 0 Å². The van der Waals surface area contributed by atoms with Crippen LogP contribution in [0.1, 0.15) is 0 Å². The molecule has 3 rings (SSSR count). The SMILES string of the molecule is C[O][Ti]([OH])([OH])[O][Si](c1ccccc1)(c1ccccc1)c1ccccc1. The summed E-state index contributed by atoms with van der Waals surface area (Å²) in [7, 11) is -1.84. The number of benzene rings is 3. The van der Waals surface area contributed by atoms with Crippen LogP contribution in [-0.4, -0.2) is 22.8 Å². The van der Waals surface area contributed by atoms with Crippen LogP contribution in [0.5, 0.6) is 0 Å². The fourth-order valence-electron chi connectivity index (χ4n) is 2.94. The van der Waals surface area contributed by atoms with E-state index in [2.05, 4.69) is 0 Å². The summed E-state index contributed by atoms with van der Waals surface area (Å²) in [4.78, 5) is 0. The van der Waals surface area contributed by atoms with Gasteiger partial charge >= 0.3 is 154 Å². The van der Waals surface area contributed by atoms with E-state index in [0.29, 0.717) is 0 Å². The molecule has 2 N–H and O–H groups in total. The Morgan fingerprint density at radius 3 is 1.24 bits per heavy atom. The van der Waals surface area contributed by atoms with Crippen molar-refractivity contribution < 1.29 is 31.8 Å². The Labute approximate surface area is 153 Å². The van der Waals surface area contributed by atoms with Crippen LogP contribution in [-0.2, 0) is 24.5 Å². The molecule has 0 aliphatic carbocycles. The third kappa shape index (κ3) is 3.83. The molecule has 0 saturated heterocycles. The van der Waals surface area contributed by atoms with Gasteiger partial charge in [-0.3, -0.25) is 0 Å². The third-order valence-corrected chi connectivity index (χ3v) is 11.6. The van der Waals surface area contributed by atoms with Gasteiger partial charge in [-0.05, 0) is 0 Å². The zero-order chi connectivity index (χ0) is 17.8. The summed E-state index contributed by atoms with van der Waals surface area (Å²) in [5.41, 5.74) is 0. The molecule has 0 fully saturated rings. The Morgan fingerprint density at radius 1 is 0.640 bits per heavy atom. The van der Waals surface area contributed by atoms with Gasteiger partial charge in [0, 0.05) is 0 Å². The molecule has 0 spiro atoms. The molecule has 6 heteroatoms. The first-order valence-electron chi connectivity index (χ1n) is 7.95. The Morgan fingerprint density at radius 2 is 0.960 bits per heavy atom. The molecule has 0 radical (unpaired) electrons. The summed E-state index contributed by atoms with van der Waals surface area (Å²) >= 11 is -4.86. The second kappa shape index (κ2) is 7.76. The van der Waals surface area contributed by atoms with Crippen LogP contribution in [0.25, 0.3) is 0 Å². The van der Waals surface area contributed by atoms with E-state index < -0.39 is 26.5 Å². The van der Waals surface area contributed by atoms with E-state index in [-0.39, 0.29) is 0 Å². The van der Waals surface area contributed by atoms with E-state index in [0.717, 1.165) is 15.6 Å². The van der Waals surface area contributed by atoms with Gasteiger partial charge in [-0.15, -0.1) is 0 Å². The van der Waals surface area contributed by atoms with Crippen LogP contribution in [0.15, 0.2) is 91.0 Å². The van der Waals surface area contributed by atoms with Crippen LogP contribution >= 0.6 is 0 Å². The molecule has 0 saturated carbocycles. The van der Waals surface area contributed by atoms with E-state index in [4.69, 9.17) is 6.33 Å². The van der Waals surface area contributed by atoms with E-state index in [1.165, 1.54) is 7.11 Å². The molecule has 3 aromatic rings. The van der Waals surface area contributed by atoms with Gasteiger partial charge in [-0.2, -0.15) is 0 Å². The molecule has 0 atom stereocenters. The standard InChI is InChI=1S/C18H15OSi.CH3O.2H2O.Ti/c19-20(16-10-4-1-5-11-16,17-12-6-2-7-13-17)18-14-8-3-9-15-18;1-2;;;/h1-15H;1H3;2*1H2;/q2*-1;;;+4/p-2. The van der Waals surface area contributed by atoms with E-state index >= 15 is 0 Å². The van der Waals surface area contributed by atoms with Crippen molar-refractivity contribution in [3.63, 3.8) is 0 Å². The quantitative estimate of drug-likeness (QED) is 0.491. The monoisotopic (exact) mass is 388 g/mol. The molecule has 4 nitrogen and oxygen atoms in total. The maximum atomic E-state index is 10.4. The van der Waals surface area contributed by atoms with Crippen LogP contribution in [0.3, 0.4) is 0 Å². The molecule has 128 valence electrons. The van der Waals surface area contributed by atoms with Crippen molar-refractivity contribution in [3.05, 3.63) is 91.0 Å². The Bertz CT molecular complexity index is 701. The summed E-state index contributed by atoms with van der Waals surface area (Å²) in [5.74, 6) is 0. The van der Waals surface area contributed by atoms with Crippen molar-refractivity contribution in [2.24, 2.45) is 0 Å². The average molecular weight is 388 g/mol. The van der Waals surface area contributed by atoms with Crippen LogP contribution in [0.4, 0.5) is 0 Å². The van der Waals surface area contributed by atoms with Gasteiger partial charge < -0.3 is 0 Å². The molecule has 0 aliphatic heterocycles. The molecular formula is C19H20O4SiTi. The number of hydrogen-bond acceptors (Lipinski definition) is 4. The summed E-state index contributed by atoms with van der Waals surface area (Å²) < 4.78 is 31.9. The first kappa shape index (κ1) is 18.2. The molecule has 0 bridgehead atoms. The van der Waals surface area contributed by atoms with E-state index in [1.807, 2.05) is 91.0 Å². The van der Waals surface area contributed by atoms with Gasteiger partial charge in [0.15, 0.2) is 0 Å². The van der Waals surface area contributed by atoms with Crippen molar-refractivity contribution in [1.82, 2.24) is 0 Å². The minimum absolute atomic E-state index is 0.933. The predicted octanol–water partition coefficient (Wildman–Crippen LogP) is 1.11. The van der Waals surface area contributed by atoms with Crippen LogP contribution < -0.4 is 15.6 Å². The molecule has 25 heavy (non-hydrogen) atoms. The van der Waals surface area contributed by atoms with Gasteiger partial charge in [-0.25, -0.2) is 0 Å². The molecule has 0 aromatic heterocycles. The van der Waals surface area contributed by atoms with Crippen molar-refractivity contribution >= 4 is 23.9 Å². The maximum absolute atomic E-state index is 10.4. The summed E-state index contributed by atoms with van der Waals surface area (Å²) in [6.45, 7) is 0. The van der Waals surface area contributed by atoms with Gasteiger partial charge in [0.25, 0.3) is 0 Å². The normalized spacial score (nSPS) is 12.1. The van der Waals surface area contributed by atoms with Crippen molar-refractivity contribution in [2.45, 2.75) is 0 Å². The Kier molecular flexibility index (Phi) is 5.66. The van der Waals surface area contributed by atoms with Crippen molar-refractivity contribution in [3.8, 4) is 0 Å². The first-order valence-corrected chi connectivity index (χ1v) is 12.5. The Hall–Kier alpha value is -1.57. The van der Waals surface area contributed by atoms with Gasteiger partial charge in [0.05, 0.1) is 0 Å².